The molecule has 204 valence electrons. The highest BCUT2D eigenvalue weighted by Gasteiger charge is 2.23. The van der Waals surface area contributed by atoms with Crippen molar-refractivity contribution in [3.8, 4) is 0 Å². The van der Waals surface area contributed by atoms with Gasteiger partial charge in [0.25, 0.3) is 0 Å². The summed E-state index contributed by atoms with van der Waals surface area (Å²) in [5.41, 5.74) is 7.33. The lowest BCUT2D eigenvalue weighted by molar-refractivity contribution is -0.130. The summed E-state index contributed by atoms with van der Waals surface area (Å²) in [5, 5.41) is 11.0. The van der Waals surface area contributed by atoms with Gasteiger partial charge in [-0.3, -0.25) is 9.59 Å². The number of carbonyl (C=O) groups excluding carboxylic acids is 2. The van der Waals surface area contributed by atoms with Crippen LogP contribution in [0.15, 0.2) is 84.9 Å². The van der Waals surface area contributed by atoms with E-state index in [0.717, 1.165) is 34.9 Å². The molecule has 0 spiro atoms. The molecule has 1 aliphatic rings. The van der Waals surface area contributed by atoms with Crippen LogP contribution < -0.4 is 16.4 Å². The van der Waals surface area contributed by atoms with E-state index in [0.29, 0.717) is 26.1 Å². The number of rotatable bonds is 8. The number of nitrogens with one attached hydrogen (secondary N) is 2. The number of benzene rings is 4. The summed E-state index contributed by atoms with van der Waals surface area (Å²) in [6, 6.07) is 28.8. The van der Waals surface area contributed by atoms with E-state index in [1.54, 1.807) is 0 Å². The fourth-order valence-corrected chi connectivity index (χ4v) is 4.98. The van der Waals surface area contributed by atoms with Crippen LogP contribution in [0, 0.1) is 0 Å². The van der Waals surface area contributed by atoms with E-state index >= 15 is 0 Å². The third kappa shape index (κ3) is 7.88. The Hall–Kier alpha value is -3.74. The van der Waals surface area contributed by atoms with E-state index < -0.39 is 0 Å². The first-order valence-corrected chi connectivity index (χ1v) is 14.0. The van der Waals surface area contributed by atoms with Crippen LogP contribution in [0.4, 0.5) is 0 Å². The molecule has 1 heterocycles. The second-order valence-corrected chi connectivity index (χ2v) is 10.1. The van der Waals surface area contributed by atoms with Gasteiger partial charge in [0, 0.05) is 25.7 Å². The first kappa shape index (κ1) is 28.3. The van der Waals surface area contributed by atoms with Crippen molar-refractivity contribution in [2.24, 2.45) is 5.73 Å². The number of nitrogens with two attached hydrogens (primary N) is 1. The molecule has 6 heteroatoms. The molecule has 0 bridgehead atoms. The lowest BCUT2D eigenvalue weighted by Crippen LogP contribution is -2.42. The highest BCUT2D eigenvalue weighted by molar-refractivity contribution is 5.90. The van der Waals surface area contributed by atoms with Gasteiger partial charge in [0.05, 0.1) is 13.0 Å². The summed E-state index contributed by atoms with van der Waals surface area (Å²) in [4.78, 5) is 27.4. The van der Waals surface area contributed by atoms with E-state index in [-0.39, 0.29) is 24.4 Å². The Morgan fingerprint density at radius 1 is 0.923 bits per heavy atom. The molecule has 0 aliphatic carbocycles. The van der Waals surface area contributed by atoms with Crippen LogP contribution in [0.5, 0.6) is 0 Å². The summed E-state index contributed by atoms with van der Waals surface area (Å²) in [7, 11) is 0. The molecule has 2 amide bonds. The van der Waals surface area contributed by atoms with Crippen LogP contribution in [0.2, 0.25) is 0 Å². The van der Waals surface area contributed by atoms with Gasteiger partial charge in [-0.15, -0.1) is 0 Å². The predicted octanol–water partition coefficient (Wildman–Crippen LogP) is 4.79. The Bertz CT molecular complexity index is 1370. The van der Waals surface area contributed by atoms with E-state index in [9.17, 15) is 9.59 Å². The van der Waals surface area contributed by atoms with Crippen molar-refractivity contribution in [2.45, 2.75) is 45.2 Å². The Balaban J connectivity index is 0.000000648. The van der Waals surface area contributed by atoms with Gasteiger partial charge in [-0.05, 0) is 52.1 Å². The largest absolute Gasteiger partial charge is 0.354 e. The van der Waals surface area contributed by atoms with Crippen LogP contribution in [0.25, 0.3) is 21.5 Å². The third-order valence-electron chi connectivity index (χ3n) is 7.22. The van der Waals surface area contributed by atoms with Gasteiger partial charge in [0.2, 0.25) is 11.8 Å². The van der Waals surface area contributed by atoms with Gasteiger partial charge >= 0.3 is 0 Å². The summed E-state index contributed by atoms with van der Waals surface area (Å²) >= 11 is 0. The molecule has 1 fully saturated rings. The van der Waals surface area contributed by atoms with Crippen LogP contribution in [0.3, 0.4) is 0 Å². The lowest BCUT2D eigenvalue weighted by Gasteiger charge is -2.21. The van der Waals surface area contributed by atoms with Crippen molar-refractivity contribution >= 4 is 33.4 Å². The summed E-state index contributed by atoms with van der Waals surface area (Å²) in [6.45, 7) is 5.04. The minimum absolute atomic E-state index is 0.00124. The molecule has 0 saturated carbocycles. The van der Waals surface area contributed by atoms with Gasteiger partial charge in [-0.25, -0.2) is 0 Å². The summed E-state index contributed by atoms with van der Waals surface area (Å²) < 4.78 is 0. The van der Waals surface area contributed by atoms with Crippen molar-refractivity contribution < 1.29 is 9.59 Å². The maximum Gasteiger partial charge on any atom is 0.236 e. The zero-order valence-corrected chi connectivity index (χ0v) is 22.9. The summed E-state index contributed by atoms with van der Waals surface area (Å²) in [6.07, 6.45) is 3.53. The van der Waals surface area contributed by atoms with Gasteiger partial charge in [0.1, 0.15) is 0 Å². The molecule has 1 atom stereocenters. The number of hydrogen-bond acceptors (Lipinski definition) is 4. The van der Waals surface area contributed by atoms with E-state index in [1.807, 2.05) is 47.4 Å². The molecule has 1 unspecified atom stereocenters. The lowest BCUT2D eigenvalue weighted by atomic mass is 10.0. The van der Waals surface area contributed by atoms with Crippen LogP contribution >= 0.6 is 0 Å². The normalized spacial score (nSPS) is 15.5. The first-order valence-electron chi connectivity index (χ1n) is 14.0. The van der Waals surface area contributed by atoms with Gasteiger partial charge < -0.3 is 21.3 Å². The van der Waals surface area contributed by atoms with Gasteiger partial charge in [-0.2, -0.15) is 0 Å². The van der Waals surface area contributed by atoms with E-state index in [2.05, 4.69) is 60.0 Å². The minimum Gasteiger partial charge on any atom is -0.354 e. The molecule has 5 rings (SSSR count). The monoisotopic (exact) mass is 524 g/mol. The SMILES string of the molecule is CCCCN.O=C(Cc1cccc2ccccc12)NCC1CCN(Cc2cccc3ccccc23)C(=O)CN1. The fourth-order valence-electron chi connectivity index (χ4n) is 4.98. The highest BCUT2D eigenvalue weighted by atomic mass is 16.2. The second kappa shape index (κ2) is 14.4. The standard InChI is InChI=1S/C29H29N3O2.C4H11N/c33-28(17-23-11-5-9-21-7-1-3-13-26(21)23)31-18-25-15-16-32(29(34)19-30-25)20-24-12-6-10-22-8-2-4-14-27(22)24;1-2-3-4-5/h1-14,25,30H,15-20H2,(H,31,33);2-5H2,1H3. The molecule has 4 aromatic carbocycles. The van der Waals surface area contributed by atoms with Crippen molar-refractivity contribution in [1.82, 2.24) is 15.5 Å². The molecule has 6 nitrogen and oxygen atoms in total. The molecule has 4 N–H and O–H groups in total. The number of fused-ring (bicyclic) bond motifs is 2. The fraction of sp³-hybridized carbons (Fsp3) is 0.333. The van der Waals surface area contributed by atoms with Crippen molar-refractivity contribution in [2.75, 3.05) is 26.2 Å². The van der Waals surface area contributed by atoms with Crippen molar-refractivity contribution in [3.05, 3.63) is 96.1 Å². The molecule has 0 aromatic heterocycles. The molecule has 0 radical (unpaired) electrons. The molecule has 1 saturated heterocycles. The molecule has 4 aromatic rings. The average Bonchev–Trinajstić information content (AvgIpc) is 3.14. The van der Waals surface area contributed by atoms with Crippen molar-refractivity contribution in [3.63, 3.8) is 0 Å². The number of amides is 2. The van der Waals surface area contributed by atoms with E-state index in [4.69, 9.17) is 5.73 Å². The topological polar surface area (TPSA) is 87.5 Å². The highest BCUT2D eigenvalue weighted by Crippen LogP contribution is 2.21. The Labute approximate surface area is 231 Å². The third-order valence-corrected chi connectivity index (χ3v) is 7.22. The Morgan fingerprint density at radius 3 is 2.18 bits per heavy atom. The second-order valence-electron chi connectivity index (χ2n) is 10.1. The number of nitrogens with zero attached hydrogens (tertiary/aromatic N) is 1. The van der Waals surface area contributed by atoms with Gasteiger partial charge in [0.15, 0.2) is 0 Å². The predicted molar refractivity (Wildman–Crippen MR) is 160 cm³/mol. The van der Waals surface area contributed by atoms with Crippen LogP contribution in [0.1, 0.15) is 37.3 Å². The minimum atomic E-state index is 0.00124. The molecule has 39 heavy (non-hydrogen) atoms. The molecular weight excluding hydrogens is 484 g/mol. The van der Waals surface area contributed by atoms with Crippen molar-refractivity contribution in [1.29, 1.82) is 0 Å². The maximum absolute atomic E-state index is 12.8. The van der Waals surface area contributed by atoms with Crippen LogP contribution in [-0.4, -0.2) is 48.9 Å². The molecule has 1 aliphatic heterocycles. The first-order chi connectivity index (χ1) is 19.1. The number of carbonyl (C=O) groups is 2. The Morgan fingerprint density at radius 2 is 1.54 bits per heavy atom. The average molecular weight is 525 g/mol. The summed E-state index contributed by atoms with van der Waals surface area (Å²) in [5.74, 6) is 0.0962. The zero-order chi connectivity index (χ0) is 27.5. The number of unbranched alkanes of at least 4 members (excludes halogenated alkanes) is 1. The maximum atomic E-state index is 12.8. The smallest absolute Gasteiger partial charge is 0.236 e. The van der Waals surface area contributed by atoms with Gasteiger partial charge in [-0.1, -0.05) is 98.3 Å². The zero-order valence-electron chi connectivity index (χ0n) is 22.9. The molecular formula is C33H40N4O2. The quantitative estimate of drug-likeness (QED) is 0.309. The van der Waals surface area contributed by atoms with Crippen LogP contribution in [-0.2, 0) is 22.6 Å². The number of hydrogen-bond donors (Lipinski definition) is 3. The Kier molecular flexibility index (Phi) is 10.5. The van der Waals surface area contributed by atoms with E-state index in [1.165, 1.54) is 23.6 Å².